The average Bonchev–Trinajstić information content (AvgIpc) is 2.41. The van der Waals surface area contributed by atoms with E-state index in [1.165, 1.54) is 77.0 Å². The van der Waals surface area contributed by atoms with Crippen molar-refractivity contribution in [3.8, 4) is 0 Å². The van der Waals surface area contributed by atoms with Crippen molar-refractivity contribution in [2.24, 2.45) is 11.8 Å². The van der Waals surface area contributed by atoms with E-state index in [1.54, 1.807) is 0 Å². The first-order chi connectivity index (χ1) is 9.27. The van der Waals surface area contributed by atoms with E-state index in [-0.39, 0.29) is 0 Å². The first-order valence-corrected chi connectivity index (χ1v) is 8.80. The Morgan fingerprint density at radius 2 is 1.58 bits per heavy atom. The number of hydrogen-bond donors (Lipinski definition) is 0. The third-order valence-electron chi connectivity index (χ3n) is 4.73. The highest BCUT2D eigenvalue weighted by atomic mass is 16.1. The fraction of sp³-hybridized carbons (Fsp3) is 0.944. The van der Waals surface area contributed by atoms with Crippen LogP contribution in [-0.4, -0.2) is 5.78 Å². The van der Waals surface area contributed by atoms with Crippen LogP contribution in [0.5, 0.6) is 0 Å². The lowest BCUT2D eigenvalue weighted by Crippen LogP contribution is -2.24. The summed E-state index contributed by atoms with van der Waals surface area (Å²) < 4.78 is 0. The molecule has 0 aromatic rings. The minimum absolute atomic E-state index is 0.418. The van der Waals surface area contributed by atoms with E-state index in [0.29, 0.717) is 11.7 Å². The summed E-state index contributed by atoms with van der Waals surface area (Å²) in [5.41, 5.74) is 0. The molecular formula is C18H34O. The molecule has 19 heavy (non-hydrogen) atoms. The zero-order chi connectivity index (χ0) is 13.9. The molecule has 1 saturated carbocycles. The summed E-state index contributed by atoms with van der Waals surface area (Å²) in [5.74, 6) is 1.83. The van der Waals surface area contributed by atoms with Crippen molar-refractivity contribution >= 4 is 5.78 Å². The van der Waals surface area contributed by atoms with E-state index in [1.807, 2.05) is 0 Å². The molecule has 0 heterocycles. The second-order valence-electron chi connectivity index (χ2n) is 6.50. The first-order valence-electron chi connectivity index (χ1n) is 8.80. The molecule has 0 aliphatic heterocycles. The molecule has 1 nitrogen and oxygen atoms in total. The number of Topliss-reactive ketones (excluding diaryl/α,β-unsaturated/α-hetero) is 1. The normalized spacial score (nSPS) is 23.8. The van der Waals surface area contributed by atoms with Crippen LogP contribution < -0.4 is 0 Å². The van der Waals surface area contributed by atoms with Crippen molar-refractivity contribution in [2.45, 2.75) is 97.3 Å². The standard InChI is InChI=1S/C18H34O/c1-3-5-6-7-8-9-10-12-17-15-16(11-4-2)13-14-18(17)19/h16-17H,3-15H2,1-2H3. The SMILES string of the molecule is CCCCCCCCCC1CC(CCC)CCC1=O. The molecule has 0 radical (unpaired) electrons. The van der Waals surface area contributed by atoms with Gasteiger partial charge in [-0.3, -0.25) is 4.79 Å². The predicted molar refractivity (Wildman–Crippen MR) is 83.4 cm³/mol. The van der Waals surface area contributed by atoms with Crippen LogP contribution in [0.4, 0.5) is 0 Å². The van der Waals surface area contributed by atoms with E-state index in [4.69, 9.17) is 0 Å². The van der Waals surface area contributed by atoms with Crippen LogP contribution in [0.15, 0.2) is 0 Å². The molecule has 0 amide bonds. The molecule has 2 atom stereocenters. The number of unbranched alkanes of at least 4 members (excludes halogenated alkanes) is 6. The Kier molecular flexibility index (Phi) is 9.20. The topological polar surface area (TPSA) is 17.1 Å². The summed E-state index contributed by atoms with van der Waals surface area (Å²) in [6, 6.07) is 0. The van der Waals surface area contributed by atoms with Crippen molar-refractivity contribution < 1.29 is 4.79 Å². The van der Waals surface area contributed by atoms with Crippen LogP contribution in [0, 0.1) is 11.8 Å². The third kappa shape index (κ3) is 7.13. The maximum absolute atomic E-state index is 11.9. The molecule has 1 aliphatic carbocycles. The zero-order valence-electron chi connectivity index (χ0n) is 13.3. The Balaban J connectivity index is 2.08. The van der Waals surface area contributed by atoms with Gasteiger partial charge in [-0.05, 0) is 25.2 Å². The highest BCUT2D eigenvalue weighted by Crippen LogP contribution is 2.32. The lowest BCUT2D eigenvalue weighted by molar-refractivity contribution is -0.125. The number of hydrogen-bond acceptors (Lipinski definition) is 1. The molecule has 1 rings (SSSR count). The van der Waals surface area contributed by atoms with Gasteiger partial charge in [-0.2, -0.15) is 0 Å². The molecule has 1 heteroatoms. The van der Waals surface area contributed by atoms with Crippen molar-refractivity contribution in [3.63, 3.8) is 0 Å². The van der Waals surface area contributed by atoms with Crippen molar-refractivity contribution in [3.05, 3.63) is 0 Å². The first kappa shape index (κ1) is 16.7. The van der Waals surface area contributed by atoms with E-state index in [2.05, 4.69) is 13.8 Å². The Morgan fingerprint density at radius 3 is 2.26 bits per heavy atom. The van der Waals surface area contributed by atoms with E-state index in [9.17, 15) is 4.79 Å². The third-order valence-corrected chi connectivity index (χ3v) is 4.73. The lowest BCUT2D eigenvalue weighted by atomic mass is 9.76. The molecule has 1 aliphatic rings. The second kappa shape index (κ2) is 10.5. The van der Waals surface area contributed by atoms with E-state index in [0.717, 1.165) is 12.3 Å². The van der Waals surface area contributed by atoms with Crippen molar-refractivity contribution in [1.29, 1.82) is 0 Å². The van der Waals surface area contributed by atoms with E-state index < -0.39 is 0 Å². The maximum atomic E-state index is 11.9. The fourth-order valence-corrected chi connectivity index (χ4v) is 3.50. The quantitative estimate of drug-likeness (QED) is 0.449. The Morgan fingerprint density at radius 1 is 0.895 bits per heavy atom. The largest absolute Gasteiger partial charge is 0.299 e. The number of rotatable bonds is 10. The number of carbonyl (C=O) groups is 1. The molecule has 2 unspecified atom stereocenters. The van der Waals surface area contributed by atoms with Crippen LogP contribution in [-0.2, 0) is 4.79 Å². The van der Waals surface area contributed by atoms with Gasteiger partial charge in [0.25, 0.3) is 0 Å². The van der Waals surface area contributed by atoms with Gasteiger partial charge in [-0.15, -0.1) is 0 Å². The minimum Gasteiger partial charge on any atom is -0.299 e. The Bertz CT molecular complexity index is 234. The number of ketones is 1. The molecule has 1 fully saturated rings. The summed E-state index contributed by atoms with van der Waals surface area (Å²) in [6.07, 6.45) is 16.5. The lowest BCUT2D eigenvalue weighted by Gasteiger charge is -2.27. The van der Waals surface area contributed by atoms with Gasteiger partial charge in [-0.25, -0.2) is 0 Å². The maximum Gasteiger partial charge on any atom is 0.135 e. The zero-order valence-corrected chi connectivity index (χ0v) is 13.3. The van der Waals surface area contributed by atoms with Crippen LogP contribution in [0.2, 0.25) is 0 Å². The molecule has 0 saturated heterocycles. The molecule has 0 bridgehead atoms. The Labute approximate surface area is 120 Å². The highest BCUT2D eigenvalue weighted by Gasteiger charge is 2.27. The number of carbonyl (C=O) groups excluding carboxylic acids is 1. The molecule has 0 N–H and O–H groups in total. The van der Waals surface area contributed by atoms with Gasteiger partial charge in [0.2, 0.25) is 0 Å². The van der Waals surface area contributed by atoms with Gasteiger partial charge in [0.05, 0.1) is 0 Å². The van der Waals surface area contributed by atoms with Gasteiger partial charge in [0.1, 0.15) is 5.78 Å². The fourth-order valence-electron chi connectivity index (χ4n) is 3.50. The van der Waals surface area contributed by atoms with Crippen LogP contribution in [0.1, 0.15) is 97.3 Å². The van der Waals surface area contributed by atoms with Crippen molar-refractivity contribution in [2.75, 3.05) is 0 Å². The minimum atomic E-state index is 0.418. The molecule has 112 valence electrons. The smallest absolute Gasteiger partial charge is 0.135 e. The highest BCUT2D eigenvalue weighted by molar-refractivity contribution is 5.81. The Hall–Kier alpha value is -0.330. The summed E-state index contributed by atoms with van der Waals surface area (Å²) >= 11 is 0. The van der Waals surface area contributed by atoms with Gasteiger partial charge in [0, 0.05) is 12.3 Å². The van der Waals surface area contributed by atoms with Crippen LogP contribution in [0.25, 0.3) is 0 Å². The molecule has 0 aromatic heterocycles. The monoisotopic (exact) mass is 266 g/mol. The average molecular weight is 266 g/mol. The second-order valence-corrected chi connectivity index (χ2v) is 6.50. The van der Waals surface area contributed by atoms with Gasteiger partial charge < -0.3 is 0 Å². The molecule has 0 aromatic carbocycles. The summed E-state index contributed by atoms with van der Waals surface area (Å²) in [4.78, 5) is 11.9. The summed E-state index contributed by atoms with van der Waals surface area (Å²) in [7, 11) is 0. The summed E-state index contributed by atoms with van der Waals surface area (Å²) in [6.45, 7) is 4.53. The van der Waals surface area contributed by atoms with Crippen LogP contribution in [0.3, 0.4) is 0 Å². The van der Waals surface area contributed by atoms with E-state index >= 15 is 0 Å². The van der Waals surface area contributed by atoms with Gasteiger partial charge in [0.15, 0.2) is 0 Å². The molecule has 0 spiro atoms. The van der Waals surface area contributed by atoms with Gasteiger partial charge in [-0.1, -0.05) is 71.6 Å². The van der Waals surface area contributed by atoms with Crippen molar-refractivity contribution in [1.82, 2.24) is 0 Å². The molecular weight excluding hydrogens is 232 g/mol. The van der Waals surface area contributed by atoms with Crippen LogP contribution >= 0.6 is 0 Å². The van der Waals surface area contributed by atoms with Gasteiger partial charge >= 0.3 is 0 Å². The predicted octanol–water partition coefficient (Wildman–Crippen LogP) is 5.91. The summed E-state index contributed by atoms with van der Waals surface area (Å²) in [5, 5.41) is 0.